The van der Waals surface area contributed by atoms with E-state index in [9.17, 15) is 4.79 Å². The van der Waals surface area contributed by atoms with Crippen LogP contribution < -0.4 is 10.6 Å². The first kappa shape index (κ1) is 16.2. The summed E-state index contributed by atoms with van der Waals surface area (Å²) in [4.78, 5) is 12.2. The molecule has 1 aromatic carbocycles. The van der Waals surface area contributed by atoms with Gasteiger partial charge in [0, 0.05) is 18.2 Å². The van der Waals surface area contributed by atoms with Gasteiger partial charge in [0.25, 0.3) is 0 Å². The number of carbonyl (C=O) groups is 1. The van der Waals surface area contributed by atoms with Gasteiger partial charge in [0.1, 0.15) is 0 Å². The number of nitrogens with one attached hydrogen (secondary N) is 2. The number of carbonyl (C=O) groups excluding carboxylic acids is 1. The topological polar surface area (TPSA) is 41.1 Å². The van der Waals surface area contributed by atoms with Gasteiger partial charge < -0.3 is 10.6 Å². The first-order valence-corrected chi connectivity index (χ1v) is 7.03. The molecule has 0 aliphatic heterocycles. The minimum atomic E-state index is -0.0950. The molecule has 0 fully saturated rings. The molecule has 3 nitrogen and oxygen atoms in total. The largest absolute Gasteiger partial charge is 0.326 e. The lowest BCUT2D eigenvalue weighted by molar-refractivity contribution is -0.119. The highest BCUT2D eigenvalue weighted by Gasteiger charge is 2.15. The number of amides is 1. The summed E-state index contributed by atoms with van der Waals surface area (Å²) in [5.41, 5.74) is 2.00. The average Bonchev–Trinajstić information content (AvgIpc) is 2.45. The van der Waals surface area contributed by atoms with Crippen LogP contribution in [0.4, 0.5) is 5.69 Å². The van der Waals surface area contributed by atoms with Crippen LogP contribution in [-0.4, -0.2) is 12.5 Å². The van der Waals surface area contributed by atoms with Gasteiger partial charge in [-0.15, -0.1) is 13.2 Å². The highest BCUT2D eigenvalue weighted by Crippen LogP contribution is 2.16. The lowest BCUT2D eigenvalue weighted by atomic mass is 10.0. The number of rotatable bonds is 9. The van der Waals surface area contributed by atoms with Crippen LogP contribution in [0, 0.1) is 5.92 Å². The molecule has 2 N–H and O–H groups in total. The van der Waals surface area contributed by atoms with Gasteiger partial charge in [0.15, 0.2) is 0 Å². The molecule has 0 saturated carbocycles. The number of hydrogen-bond donors (Lipinski definition) is 2. The van der Waals surface area contributed by atoms with E-state index in [1.165, 1.54) is 0 Å². The fourth-order valence-electron chi connectivity index (χ4n) is 1.99. The van der Waals surface area contributed by atoms with E-state index in [0.29, 0.717) is 12.8 Å². The Kier molecular flexibility index (Phi) is 7.36. The minimum absolute atomic E-state index is 0.0189. The third-order valence-electron chi connectivity index (χ3n) is 3.05. The molecular formula is C17H24N2O. The van der Waals surface area contributed by atoms with Crippen molar-refractivity contribution in [2.45, 2.75) is 26.3 Å². The van der Waals surface area contributed by atoms with Gasteiger partial charge in [0.05, 0.1) is 0 Å². The Labute approximate surface area is 121 Å². The maximum Gasteiger partial charge on any atom is 0.228 e. The Balaban J connectivity index is 2.68. The van der Waals surface area contributed by atoms with Gasteiger partial charge in [0.2, 0.25) is 5.91 Å². The van der Waals surface area contributed by atoms with E-state index in [2.05, 4.69) is 30.7 Å². The maximum atomic E-state index is 12.2. The van der Waals surface area contributed by atoms with Crippen LogP contribution in [0.25, 0.3) is 0 Å². The Morgan fingerprint density at radius 1 is 1.30 bits per heavy atom. The van der Waals surface area contributed by atoms with Gasteiger partial charge in [-0.1, -0.05) is 31.2 Å². The van der Waals surface area contributed by atoms with E-state index in [0.717, 1.165) is 24.3 Å². The molecule has 1 amide bonds. The van der Waals surface area contributed by atoms with Crippen molar-refractivity contribution in [1.82, 2.24) is 5.32 Å². The molecule has 0 saturated heterocycles. The van der Waals surface area contributed by atoms with Crippen molar-refractivity contribution in [1.29, 1.82) is 0 Å². The van der Waals surface area contributed by atoms with E-state index in [1.54, 1.807) is 12.2 Å². The number of benzene rings is 1. The van der Waals surface area contributed by atoms with Crippen LogP contribution in [-0.2, 0) is 11.3 Å². The molecule has 0 aromatic heterocycles. The normalized spacial score (nSPS) is 10.3. The Morgan fingerprint density at radius 2 is 2.00 bits per heavy atom. The molecular weight excluding hydrogens is 248 g/mol. The second-order valence-corrected chi connectivity index (χ2v) is 4.72. The minimum Gasteiger partial charge on any atom is -0.326 e. The lowest BCUT2D eigenvalue weighted by Gasteiger charge is -2.14. The highest BCUT2D eigenvalue weighted by molar-refractivity contribution is 5.92. The molecule has 0 heterocycles. The monoisotopic (exact) mass is 272 g/mol. The van der Waals surface area contributed by atoms with E-state index in [4.69, 9.17) is 0 Å². The van der Waals surface area contributed by atoms with Gasteiger partial charge in [-0.3, -0.25) is 4.79 Å². The first-order chi connectivity index (χ1) is 9.71. The molecule has 0 unspecified atom stereocenters. The summed E-state index contributed by atoms with van der Waals surface area (Å²) in [5, 5.41) is 6.24. The molecule has 0 bridgehead atoms. The standard InChI is InChI=1S/C17H24N2O/c1-4-8-15(9-5-2)17(20)19-16-11-7-10-14(12-16)13-18-6-3/h4-5,7,10-12,15,18H,1-2,6,8-9,13H2,3H3,(H,19,20). The Hall–Kier alpha value is -1.87. The summed E-state index contributed by atoms with van der Waals surface area (Å²) in [6, 6.07) is 7.91. The Bertz CT molecular complexity index is 444. The zero-order chi connectivity index (χ0) is 14.8. The second-order valence-electron chi connectivity index (χ2n) is 4.72. The predicted molar refractivity (Wildman–Crippen MR) is 85.6 cm³/mol. The smallest absolute Gasteiger partial charge is 0.228 e. The van der Waals surface area contributed by atoms with Gasteiger partial charge in [-0.05, 0) is 37.1 Å². The first-order valence-electron chi connectivity index (χ1n) is 7.03. The molecule has 108 valence electrons. The van der Waals surface area contributed by atoms with Crippen LogP contribution in [0.2, 0.25) is 0 Å². The van der Waals surface area contributed by atoms with Crippen molar-refractivity contribution >= 4 is 11.6 Å². The van der Waals surface area contributed by atoms with Crippen molar-refractivity contribution < 1.29 is 4.79 Å². The van der Waals surface area contributed by atoms with Gasteiger partial charge in [-0.2, -0.15) is 0 Å². The number of anilines is 1. The molecule has 0 aliphatic rings. The summed E-state index contributed by atoms with van der Waals surface area (Å²) in [5.74, 6) is -0.0761. The summed E-state index contributed by atoms with van der Waals surface area (Å²) >= 11 is 0. The van der Waals surface area contributed by atoms with E-state index in [1.807, 2.05) is 24.3 Å². The lowest BCUT2D eigenvalue weighted by Crippen LogP contribution is -2.22. The van der Waals surface area contributed by atoms with Gasteiger partial charge in [-0.25, -0.2) is 0 Å². The van der Waals surface area contributed by atoms with Crippen LogP contribution in [0.1, 0.15) is 25.3 Å². The third kappa shape index (κ3) is 5.41. The quantitative estimate of drug-likeness (QED) is 0.675. The number of allylic oxidation sites excluding steroid dienone is 2. The molecule has 3 heteroatoms. The summed E-state index contributed by atoms with van der Waals surface area (Å²) in [7, 11) is 0. The fourth-order valence-corrected chi connectivity index (χ4v) is 1.99. The van der Waals surface area contributed by atoms with E-state index in [-0.39, 0.29) is 11.8 Å². The van der Waals surface area contributed by atoms with Crippen molar-refractivity contribution in [2.75, 3.05) is 11.9 Å². The van der Waals surface area contributed by atoms with Crippen molar-refractivity contribution in [3.63, 3.8) is 0 Å². The molecule has 1 rings (SSSR count). The van der Waals surface area contributed by atoms with Crippen LogP contribution in [0.5, 0.6) is 0 Å². The second kappa shape index (κ2) is 9.10. The highest BCUT2D eigenvalue weighted by atomic mass is 16.1. The fraction of sp³-hybridized carbons (Fsp3) is 0.353. The average molecular weight is 272 g/mol. The number of hydrogen-bond acceptors (Lipinski definition) is 2. The van der Waals surface area contributed by atoms with E-state index >= 15 is 0 Å². The molecule has 0 spiro atoms. The van der Waals surface area contributed by atoms with Crippen molar-refractivity contribution in [3.8, 4) is 0 Å². The molecule has 20 heavy (non-hydrogen) atoms. The van der Waals surface area contributed by atoms with Crippen LogP contribution in [0.3, 0.4) is 0 Å². The third-order valence-corrected chi connectivity index (χ3v) is 3.05. The van der Waals surface area contributed by atoms with Crippen LogP contribution in [0.15, 0.2) is 49.6 Å². The SMILES string of the molecule is C=CCC(CC=C)C(=O)Nc1cccc(CNCC)c1. The summed E-state index contributed by atoms with van der Waals surface area (Å²) < 4.78 is 0. The van der Waals surface area contributed by atoms with Gasteiger partial charge >= 0.3 is 0 Å². The molecule has 1 aromatic rings. The van der Waals surface area contributed by atoms with E-state index < -0.39 is 0 Å². The summed E-state index contributed by atoms with van der Waals surface area (Å²) in [6.07, 6.45) is 4.87. The maximum absolute atomic E-state index is 12.2. The molecule has 0 radical (unpaired) electrons. The Morgan fingerprint density at radius 3 is 2.60 bits per heavy atom. The molecule has 0 atom stereocenters. The summed E-state index contributed by atoms with van der Waals surface area (Å²) in [6.45, 7) is 11.2. The van der Waals surface area contributed by atoms with Crippen LogP contribution >= 0.6 is 0 Å². The predicted octanol–water partition coefficient (Wildman–Crippen LogP) is 3.50. The zero-order valence-electron chi connectivity index (χ0n) is 12.2. The zero-order valence-corrected chi connectivity index (χ0v) is 12.2. The molecule has 0 aliphatic carbocycles. The van der Waals surface area contributed by atoms with Crippen molar-refractivity contribution in [2.24, 2.45) is 5.92 Å². The van der Waals surface area contributed by atoms with Crippen molar-refractivity contribution in [3.05, 3.63) is 55.1 Å².